The van der Waals surface area contributed by atoms with Crippen LogP contribution in [0.15, 0.2) is 10.4 Å². The van der Waals surface area contributed by atoms with Gasteiger partial charge in [0.25, 0.3) is 0 Å². The summed E-state index contributed by atoms with van der Waals surface area (Å²) in [6.45, 7) is 3.67. The number of rotatable bonds is 6. The first kappa shape index (κ1) is 14.9. The molecule has 0 radical (unpaired) electrons. The van der Waals surface area contributed by atoms with Crippen molar-refractivity contribution in [3.05, 3.63) is 6.20 Å². The standard InChI is InChI=1S/C9H15N3O4S2/c1-3-5(2)7(8(13)14)12-9-11-4-6(17-9)18(10,15)16/h4-5,7H,3H2,1-2H3,(H,11,12)(H,13,14)(H2,10,15,16)/t5-,7-/m0/s1. The van der Waals surface area contributed by atoms with Crippen molar-refractivity contribution in [1.82, 2.24) is 4.98 Å². The molecule has 1 heterocycles. The van der Waals surface area contributed by atoms with Crippen LogP contribution in [0.3, 0.4) is 0 Å². The number of primary sulfonamides is 1. The van der Waals surface area contributed by atoms with Gasteiger partial charge in [-0.3, -0.25) is 0 Å². The van der Waals surface area contributed by atoms with Crippen LogP contribution in [0.2, 0.25) is 0 Å². The predicted molar refractivity (Wildman–Crippen MR) is 68.0 cm³/mol. The average molecular weight is 293 g/mol. The quantitative estimate of drug-likeness (QED) is 0.709. The molecule has 0 unspecified atom stereocenters. The van der Waals surface area contributed by atoms with Gasteiger partial charge in [-0.2, -0.15) is 0 Å². The highest BCUT2D eigenvalue weighted by molar-refractivity contribution is 7.91. The lowest BCUT2D eigenvalue weighted by Gasteiger charge is -2.19. The number of anilines is 1. The van der Waals surface area contributed by atoms with E-state index >= 15 is 0 Å². The summed E-state index contributed by atoms with van der Waals surface area (Å²) >= 11 is 0.815. The third kappa shape index (κ3) is 3.65. The van der Waals surface area contributed by atoms with Crippen LogP contribution in [0.1, 0.15) is 20.3 Å². The maximum atomic E-state index is 11.1. The Morgan fingerprint density at radius 2 is 2.28 bits per heavy atom. The second-order valence-corrected chi connectivity index (χ2v) is 6.69. The van der Waals surface area contributed by atoms with E-state index in [2.05, 4.69) is 10.3 Å². The summed E-state index contributed by atoms with van der Waals surface area (Å²) in [4.78, 5) is 14.9. The number of hydrogen-bond donors (Lipinski definition) is 3. The molecule has 102 valence electrons. The lowest BCUT2D eigenvalue weighted by atomic mass is 10.00. The Bertz CT molecular complexity index is 526. The normalized spacial score (nSPS) is 15.1. The smallest absolute Gasteiger partial charge is 0.326 e. The Balaban J connectivity index is 2.89. The molecule has 0 fully saturated rings. The zero-order valence-corrected chi connectivity index (χ0v) is 11.6. The highest BCUT2D eigenvalue weighted by atomic mass is 32.2. The minimum Gasteiger partial charge on any atom is -0.480 e. The molecule has 0 aliphatic rings. The van der Waals surface area contributed by atoms with Crippen molar-refractivity contribution in [2.75, 3.05) is 5.32 Å². The number of aliphatic carboxylic acids is 1. The van der Waals surface area contributed by atoms with E-state index in [0.717, 1.165) is 17.5 Å². The Morgan fingerprint density at radius 1 is 1.67 bits per heavy atom. The lowest BCUT2D eigenvalue weighted by Crippen LogP contribution is -2.35. The first-order valence-electron chi connectivity index (χ1n) is 5.23. The van der Waals surface area contributed by atoms with Gasteiger partial charge in [0.2, 0.25) is 10.0 Å². The van der Waals surface area contributed by atoms with Crippen molar-refractivity contribution in [3.8, 4) is 0 Å². The van der Waals surface area contributed by atoms with Crippen LogP contribution in [0.4, 0.5) is 5.13 Å². The number of nitrogens with two attached hydrogens (primary N) is 1. The van der Waals surface area contributed by atoms with Crippen LogP contribution < -0.4 is 10.5 Å². The highest BCUT2D eigenvalue weighted by Crippen LogP contribution is 2.23. The van der Waals surface area contributed by atoms with E-state index in [1.807, 2.05) is 6.92 Å². The third-order valence-electron chi connectivity index (χ3n) is 2.52. The summed E-state index contributed by atoms with van der Waals surface area (Å²) in [7, 11) is -3.80. The van der Waals surface area contributed by atoms with Gasteiger partial charge in [0, 0.05) is 0 Å². The number of hydrogen-bond acceptors (Lipinski definition) is 6. The Labute approximate surface area is 109 Å². The number of thiazole rings is 1. The van der Waals surface area contributed by atoms with E-state index in [4.69, 9.17) is 10.2 Å². The Morgan fingerprint density at radius 3 is 2.67 bits per heavy atom. The molecule has 0 amide bonds. The van der Waals surface area contributed by atoms with Crippen LogP contribution in [-0.2, 0) is 14.8 Å². The van der Waals surface area contributed by atoms with E-state index in [1.165, 1.54) is 0 Å². The molecule has 1 aromatic rings. The molecule has 1 rings (SSSR count). The second-order valence-electron chi connectivity index (χ2n) is 3.88. The lowest BCUT2D eigenvalue weighted by molar-refractivity contribution is -0.139. The molecular formula is C9H15N3O4S2. The fourth-order valence-electron chi connectivity index (χ4n) is 1.27. The molecule has 1 aromatic heterocycles. The molecule has 18 heavy (non-hydrogen) atoms. The van der Waals surface area contributed by atoms with Gasteiger partial charge in [0.15, 0.2) is 9.34 Å². The summed E-state index contributed by atoms with van der Waals surface area (Å²) in [6.07, 6.45) is 1.79. The van der Waals surface area contributed by atoms with E-state index < -0.39 is 22.0 Å². The number of carboxylic acid groups (broad SMARTS) is 1. The minimum absolute atomic E-state index is 0.0988. The van der Waals surface area contributed by atoms with Crippen molar-refractivity contribution < 1.29 is 18.3 Å². The average Bonchev–Trinajstić information content (AvgIpc) is 2.72. The van der Waals surface area contributed by atoms with Gasteiger partial charge < -0.3 is 10.4 Å². The molecule has 0 aliphatic heterocycles. The number of nitrogens with zero attached hydrogens (tertiary/aromatic N) is 1. The summed E-state index contributed by atoms with van der Waals surface area (Å²) in [5.41, 5.74) is 0. The van der Waals surface area contributed by atoms with Gasteiger partial charge in [0.05, 0.1) is 6.20 Å². The number of nitrogens with one attached hydrogen (secondary N) is 1. The molecule has 0 aromatic carbocycles. The molecule has 0 saturated carbocycles. The first-order chi connectivity index (χ1) is 8.25. The van der Waals surface area contributed by atoms with Crippen LogP contribution in [-0.4, -0.2) is 30.5 Å². The molecule has 4 N–H and O–H groups in total. The van der Waals surface area contributed by atoms with Crippen molar-refractivity contribution in [3.63, 3.8) is 0 Å². The van der Waals surface area contributed by atoms with Gasteiger partial charge >= 0.3 is 5.97 Å². The Kier molecular flexibility index (Phi) is 4.65. The van der Waals surface area contributed by atoms with E-state index in [1.54, 1.807) is 6.92 Å². The Hall–Kier alpha value is -1.19. The summed E-state index contributed by atoms with van der Waals surface area (Å²) < 4.78 is 22.0. The largest absolute Gasteiger partial charge is 0.480 e. The SMILES string of the molecule is CC[C@H](C)[C@H](Nc1ncc(S(N)(=O)=O)s1)C(=O)O. The number of sulfonamides is 1. The molecule has 0 saturated heterocycles. The van der Waals surface area contributed by atoms with E-state index in [-0.39, 0.29) is 15.3 Å². The van der Waals surface area contributed by atoms with Crippen LogP contribution in [0.25, 0.3) is 0 Å². The van der Waals surface area contributed by atoms with Crippen molar-refractivity contribution in [2.45, 2.75) is 30.5 Å². The zero-order valence-electron chi connectivity index (χ0n) is 9.95. The molecule has 9 heteroatoms. The highest BCUT2D eigenvalue weighted by Gasteiger charge is 2.25. The molecule has 7 nitrogen and oxygen atoms in total. The van der Waals surface area contributed by atoms with Gasteiger partial charge in [-0.05, 0) is 5.92 Å². The minimum atomic E-state index is -3.80. The molecular weight excluding hydrogens is 278 g/mol. The number of carbonyl (C=O) groups is 1. The number of aromatic nitrogens is 1. The van der Waals surface area contributed by atoms with Crippen molar-refractivity contribution in [1.29, 1.82) is 0 Å². The molecule has 0 bridgehead atoms. The third-order valence-corrected chi connectivity index (χ3v) is 4.86. The first-order valence-corrected chi connectivity index (χ1v) is 7.60. The summed E-state index contributed by atoms with van der Waals surface area (Å²) in [5.74, 6) is -1.11. The molecule has 0 aliphatic carbocycles. The van der Waals surface area contributed by atoms with E-state index in [9.17, 15) is 13.2 Å². The summed E-state index contributed by atoms with van der Waals surface area (Å²) in [5, 5.41) is 17.0. The zero-order chi connectivity index (χ0) is 13.9. The van der Waals surface area contributed by atoms with Crippen molar-refractivity contribution in [2.24, 2.45) is 11.1 Å². The van der Waals surface area contributed by atoms with Gasteiger partial charge in [-0.25, -0.2) is 23.3 Å². The maximum absolute atomic E-state index is 11.1. The van der Waals surface area contributed by atoms with Crippen LogP contribution >= 0.6 is 11.3 Å². The van der Waals surface area contributed by atoms with Crippen LogP contribution in [0, 0.1) is 5.92 Å². The van der Waals surface area contributed by atoms with Crippen molar-refractivity contribution >= 4 is 32.5 Å². The van der Waals surface area contributed by atoms with E-state index in [0.29, 0.717) is 6.42 Å². The fraction of sp³-hybridized carbons (Fsp3) is 0.556. The maximum Gasteiger partial charge on any atom is 0.326 e. The monoisotopic (exact) mass is 293 g/mol. The molecule has 2 atom stereocenters. The van der Waals surface area contributed by atoms with Crippen LogP contribution in [0.5, 0.6) is 0 Å². The summed E-state index contributed by atoms with van der Waals surface area (Å²) in [6, 6.07) is -0.811. The van der Waals surface area contributed by atoms with Gasteiger partial charge in [0.1, 0.15) is 6.04 Å². The van der Waals surface area contributed by atoms with Gasteiger partial charge in [-0.15, -0.1) is 0 Å². The number of carboxylic acids is 1. The predicted octanol–water partition coefficient (Wildman–Crippen LogP) is 0.702. The molecule has 0 spiro atoms. The second kappa shape index (κ2) is 5.63. The van der Waals surface area contributed by atoms with Gasteiger partial charge in [-0.1, -0.05) is 31.6 Å². The topological polar surface area (TPSA) is 122 Å². The fourth-order valence-corrected chi connectivity index (χ4v) is 2.76.